The van der Waals surface area contributed by atoms with E-state index in [-0.39, 0.29) is 18.2 Å². The number of anilines is 2. The van der Waals surface area contributed by atoms with Gasteiger partial charge in [0.05, 0.1) is 12.5 Å². The van der Waals surface area contributed by atoms with Gasteiger partial charge >= 0.3 is 5.97 Å². The van der Waals surface area contributed by atoms with Gasteiger partial charge < -0.3 is 20.7 Å². The van der Waals surface area contributed by atoms with E-state index in [1.165, 1.54) is 13.8 Å². The standard InChI is InChI=1S/C21H23N3O5/c1-14(25)22-17-8-10-18(11-9-17)24-20(27)13-29-21(28)12-19(23-15(2)26)16-6-4-3-5-7-16/h3-11,19H,12-13H2,1-2H3,(H,22,25)(H,23,26)(H,24,27)/t19-/m1/s1. The Morgan fingerprint density at radius 2 is 1.41 bits per heavy atom. The summed E-state index contributed by atoms with van der Waals surface area (Å²) >= 11 is 0. The van der Waals surface area contributed by atoms with Gasteiger partial charge in [-0.1, -0.05) is 30.3 Å². The summed E-state index contributed by atoms with van der Waals surface area (Å²) in [4.78, 5) is 46.5. The number of esters is 1. The van der Waals surface area contributed by atoms with Crippen molar-refractivity contribution in [2.45, 2.75) is 26.3 Å². The zero-order chi connectivity index (χ0) is 21.2. The molecule has 0 unspecified atom stereocenters. The lowest BCUT2D eigenvalue weighted by molar-refractivity contribution is -0.148. The van der Waals surface area contributed by atoms with E-state index < -0.39 is 24.5 Å². The Bertz CT molecular complexity index is 866. The first-order valence-corrected chi connectivity index (χ1v) is 8.98. The van der Waals surface area contributed by atoms with Crippen LogP contribution in [-0.2, 0) is 23.9 Å². The van der Waals surface area contributed by atoms with Crippen LogP contribution in [0.4, 0.5) is 11.4 Å². The fourth-order valence-electron chi connectivity index (χ4n) is 2.59. The van der Waals surface area contributed by atoms with Crippen LogP contribution in [-0.4, -0.2) is 30.3 Å². The van der Waals surface area contributed by atoms with Crippen LogP contribution in [0.1, 0.15) is 31.9 Å². The van der Waals surface area contributed by atoms with Crippen molar-refractivity contribution in [1.82, 2.24) is 5.32 Å². The van der Waals surface area contributed by atoms with Gasteiger partial charge in [0.25, 0.3) is 5.91 Å². The summed E-state index contributed by atoms with van der Waals surface area (Å²) < 4.78 is 5.03. The molecule has 29 heavy (non-hydrogen) atoms. The molecule has 3 amide bonds. The third kappa shape index (κ3) is 7.84. The second-order valence-corrected chi connectivity index (χ2v) is 6.34. The summed E-state index contributed by atoms with van der Waals surface area (Å²) in [5, 5.41) is 7.92. The predicted octanol–water partition coefficient (Wildman–Crippen LogP) is 2.39. The minimum Gasteiger partial charge on any atom is -0.455 e. The van der Waals surface area contributed by atoms with Crippen molar-refractivity contribution in [3.63, 3.8) is 0 Å². The summed E-state index contributed by atoms with van der Waals surface area (Å²) in [6.07, 6.45) is -0.0950. The van der Waals surface area contributed by atoms with Crippen LogP contribution in [0, 0.1) is 0 Å². The Morgan fingerprint density at radius 1 is 0.828 bits per heavy atom. The first-order valence-electron chi connectivity index (χ1n) is 8.98. The molecule has 0 spiro atoms. The highest BCUT2D eigenvalue weighted by Crippen LogP contribution is 2.17. The van der Waals surface area contributed by atoms with E-state index in [0.717, 1.165) is 5.56 Å². The molecule has 3 N–H and O–H groups in total. The minimum absolute atomic E-state index is 0.0950. The van der Waals surface area contributed by atoms with Crippen LogP contribution in [0.5, 0.6) is 0 Å². The highest BCUT2D eigenvalue weighted by Gasteiger charge is 2.18. The minimum atomic E-state index is -0.608. The third-order valence-electron chi connectivity index (χ3n) is 3.80. The van der Waals surface area contributed by atoms with Gasteiger partial charge in [0.15, 0.2) is 6.61 Å². The Hall–Kier alpha value is -3.68. The molecule has 0 aliphatic carbocycles. The van der Waals surface area contributed by atoms with Crippen LogP contribution in [0.2, 0.25) is 0 Å². The Labute approximate surface area is 168 Å². The number of hydrogen-bond acceptors (Lipinski definition) is 5. The molecule has 0 aromatic heterocycles. The summed E-state index contributed by atoms with van der Waals surface area (Å²) in [7, 11) is 0. The number of rotatable bonds is 8. The fourth-order valence-corrected chi connectivity index (χ4v) is 2.59. The number of amides is 3. The van der Waals surface area contributed by atoms with Gasteiger partial charge in [-0.15, -0.1) is 0 Å². The van der Waals surface area contributed by atoms with Crippen molar-refractivity contribution in [2.75, 3.05) is 17.2 Å². The van der Waals surface area contributed by atoms with Gasteiger partial charge in [-0.3, -0.25) is 19.2 Å². The smallest absolute Gasteiger partial charge is 0.308 e. The van der Waals surface area contributed by atoms with E-state index >= 15 is 0 Å². The molecule has 0 fully saturated rings. The normalized spacial score (nSPS) is 11.1. The van der Waals surface area contributed by atoms with Crippen LogP contribution < -0.4 is 16.0 Å². The quantitative estimate of drug-likeness (QED) is 0.592. The largest absolute Gasteiger partial charge is 0.455 e. The second-order valence-electron chi connectivity index (χ2n) is 6.34. The number of benzene rings is 2. The molecule has 0 heterocycles. The Balaban J connectivity index is 1.84. The summed E-state index contributed by atoms with van der Waals surface area (Å²) in [6.45, 7) is 2.32. The maximum absolute atomic E-state index is 12.1. The fraction of sp³-hybridized carbons (Fsp3) is 0.238. The van der Waals surface area contributed by atoms with Crippen LogP contribution >= 0.6 is 0 Å². The molecule has 0 radical (unpaired) electrons. The predicted molar refractivity (Wildman–Crippen MR) is 108 cm³/mol. The van der Waals surface area contributed by atoms with Crippen molar-refractivity contribution < 1.29 is 23.9 Å². The molecule has 1 atom stereocenters. The first kappa shape index (κ1) is 21.6. The lowest BCUT2D eigenvalue weighted by Crippen LogP contribution is -2.29. The summed E-state index contributed by atoms with van der Waals surface area (Å²) in [5.74, 6) is -1.57. The molecule has 2 rings (SSSR count). The number of nitrogens with one attached hydrogen (secondary N) is 3. The Morgan fingerprint density at radius 3 is 1.97 bits per heavy atom. The van der Waals surface area contributed by atoms with Crippen molar-refractivity contribution >= 4 is 35.1 Å². The molecule has 0 saturated heterocycles. The molecule has 0 saturated carbocycles. The van der Waals surface area contributed by atoms with Crippen LogP contribution in [0.15, 0.2) is 54.6 Å². The second kappa shape index (κ2) is 10.6. The van der Waals surface area contributed by atoms with E-state index in [2.05, 4.69) is 16.0 Å². The highest BCUT2D eigenvalue weighted by molar-refractivity contribution is 5.93. The number of carbonyl (C=O) groups is 4. The van der Waals surface area contributed by atoms with E-state index in [9.17, 15) is 19.2 Å². The van der Waals surface area contributed by atoms with E-state index in [4.69, 9.17) is 4.74 Å². The molecule has 0 aliphatic rings. The van der Waals surface area contributed by atoms with Crippen molar-refractivity contribution in [3.8, 4) is 0 Å². The molecule has 0 aliphatic heterocycles. The SMILES string of the molecule is CC(=O)Nc1ccc(NC(=O)COC(=O)C[C@@H](NC(C)=O)c2ccccc2)cc1. The van der Waals surface area contributed by atoms with Gasteiger partial charge in [-0.05, 0) is 29.8 Å². The maximum atomic E-state index is 12.1. The van der Waals surface area contributed by atoms with Gasteiger partial charge in [0.2, 0.25) is 11.8 Å². The lowest BCUT2D eigenvalue weighted by Gasteiger charge is -2.17. The molecular formula is C21H23N3O5. The molecule has 8 heteroatoms. The third-order valence-corrected chi connectivity index (χ3v) is 3.80. The molecule has 0 bridgehead atoms. The van der Waals surface area contributed by atoms with Crippen molar-refractivity contribution in [3.05, 3.63) is 60.2 Å². The molecule has 8 nitrogen and oxygen atoms in total. The molecule has 2 aromatic rings. The molecular weight excluding hydrogens is 374 g/mol. The van der Waals surface area contributed by atoms with E-state index in [1.807, 2.05) is 6.07 Å². The molecule has 152 valence electrons. The first-order chi connectivity index (χ1) is 13.8. The zero-order valence-electron chi connectivity index (χ0n) is 16.2. The topological polar surface area (TPSA) is 114 Å². The summed E-state index contributed by atoms with van der Waals surface area (Å²) in [6, 6.07) is 15.0. The van der Waals surface area contributed by atoms with Crippen molar-refractivity contribution in [1.29, 1.82) is 0 Å². The van der Waals surface area contributed by atoms with Gasteiger partial charge in [-0.2, -0.15) is 0 Å². The van der Waals surface area contributed by atoms with Crippen LogP contribution in [0.25, 0.3) is 0 Å². The zero-order valence-corrected chi connectivity index (χ0v) is 16.2. The maximum Gasteiger partial charge on any atom is 0.308 e. The lowest BCUT2D eigenvalue weighted by atomic mass is 10.0. The summed E-state index contributed by atoms with van der Waals surface area (Å²) in [5.41, 5.74) is 1.87. The van der Waals surface area contributed by atoms with Crippen molar-refractivity contribution in [2.24, 2.45) is 0 Å². The van der Waals surface area contributed by atoms with Crippen LogP contribution in [0.3, 0.4) is 0 Å². The van der Waals surface area contributed by atoms with E-state index in [1.54, 1.807) is 48.5 Å². The number of hydrogen-bond donors (Lipinski definition) is 3. The molecule has 2 aromatic carbocycles. The Kier molecular flexibility index (Phi) is 7.90. The number of carbonyl (C=O) groups excluding carboxylic acids is 4. The van der Waals surface area contributed by atoms with Gasteiger partial charge in [-0.25, -0.2) is 0 Å². The van der Waals surface area contributed by atoms with Gasteiger partial charge in [0.1, 0.15) is 0 Å². The van der Waals surface area contributed by atoms with Gasteiger partial charge in [0, 0.05) is 25.2 Å². The average Bonchev–Trinajstić information content (AvgIpc) is 2.67. The number of ether oxygens (including phenoxy) is 1. The van der Waals surface area contributed by atoms with E-state index in [0.29, 0.717) is 11.4 Å². The highest BCUT2D eigenvalue weighted by atomic mass is 16.5. The monoisotopic (exact) mass is 397 g/mol. The average molecular weight is 397 g/mol.